The highest BCUT2D eigenvalue weighted by Gasteiger charge is 2.27. The zero-order valence-electron chi connectivity index (χ0n) is 24.3. The van der Waals surface area contributed by atoms with Crippen molar-refractivity contribution in [2.24, 2.45) is 0 Å². The average molecular weight is 623 g/mol. The number of anilines is 2. The Morgan fingerprint density at radius 3 is 2.36 bits per heavy atom. The molecule has 0 unspecified atom stereocenters. The summed E-state index contributed by atoms with van der Waals surface area (Å²) < 4.78 is 36.4. The predicted octanol–water partition coefficient (Wildman–Crippen LogP) is 5.99. The predicted molar refractivity (Wildman–Crippen MR) is 168 cm³/mol. The summed E-state index contributed by atoms with van der Waals surface area (Å²) in [6.07, 6.45) is 5.96. The molecule has 0 spiro atoms. The minimum absolute atomic E-state index is 0.00157. The van der Waals surface area contributed by atoms with E-state index in [1.807, 2.05) is 17.0 Å². The van der Waals surface area contributed by atoms with Crippen molar-refractivity contribution in [1.29, 1.82) is 0 Å². The van der Waals surface area contributed by atoms with Gasteiger partial charge in [-0.05, 0) is 60.9 Å². The standard InChI is InChI=1S/C33H33ClF2N4O4/c1-44-28-16-20(18-37-22-4-2-3-5-22)6-11-27(28)40-19-25(33(42)43)32(41)24-17-26(36)31(29(34)30(24)40)39-14-12-38(13-15-39)23-9-7-21(35)8-10-23/h6-11,16-17,19,22,37H,2-5,12-15,18H2,1H3,(H,42,43). The number of nitrogens with one attached hydrogen (secondary N) is 1. The van der Waals surface area contributed by atoms with E-state index in [1.54, 1.807) is 18.2 Å². The van der Waals surface area contributed by atoms with E-state index in [1.165, 1.54) is 42.8 Å². The van der Waals surface area contributed by atoms with E-state index in [-0.39, 0.29) is 27.4 Å². The molecule has 1 saturated heterocycles. The second-order valence-corrected chi connectivity index (χ2v) is 11.7. The van der Waals surface area contributed by atoms with E-state index in [4.69, 9.17) is 16.3 Å². The SMILES string of the molecule is COc1cc(CNC2CCCC2)ccc1-n1cc(C(=O)O)c(=O)c2cc(F)c(N3CCN(c4ccc(F)cc4)CC3)c(Cl)c21. The first-order valence-electron chi connectivity index (χ1n) is 14.7. The summed E-state index contributed by atoms with van der Waals surface area (Å²) in [7, 11) is 1.52. The molecule has 11 heteroatoms. The van der Waals surface area contributed by atoms with Crippen LogP contribution in [0.2, 0.25) is 5.02 Å². The van der Waals surface area contributed by atoms with E-state index in [0.717, 1.165) is 30.2 Å². The molecule has 0 atom stereocenters. The number of nitrogens with zero attached hydrogens (tertiary/aromatic N) is 3. The lowest BCUT2D eigenvalue weighted by molar-refractivity contribution is 0.0695. The number of methoxy groups -OCH3 is 1. The van der Waals surface area contributed by atoms with Crippen molar-refractivity contribution >= 4 is 39.8 Å². The number of hydrogen-bond donors (Lipinski definition) is 2. The number of aromatic carboxylic acids is 1. The number of benzene rings is 3. The van der Waals surface area contributed by atoms with Crippen LogP contribution in [0.25, 0.3) is 16.6 Å². The molecule has 6 rings (SSSR count). The number of fused-ring (bicyclic) bond motifs is 1. The number of pyridine rings is 1. The molecule has 3 aromatic carbocycles. The Morgan fingerprint density at radius 1 is 1.02 bits per heavy atom. The lowest BCUT2D eigenvalue weighted by atomic mass is 10.1. The second kappa shape index (κ2) is 12.5. The minimum atomic E-state index is -1.43. The molecule has 8 nitrogen and oxygen atoms in total. The van der Waals surface area contributed by atoms with Crippen LogP contribution in [0.5, 0.6) is 5.75 Å². The largest absolute Gasteiger partial charge is 0.495 e. The van der Waals surface area contributed by atoms with E-state index in [0.29, 0.717) is 50.2 Å². The third-order valence-corrected chi connectivity index (χ3v) is 8.99. The Bertz CT molecular complexity index is 1770. The maximum atomic E-state index is 15.8. The number of piperazine rings is 1. The molecule has 1 aliphatic heterocycles. The Balaban J connectivity index is 1.40. The fraction of sp³-hybridized carbons (Fsp3) is 0.333. The van der Waals surface area contributed by atoms with Gasteiger partial charge in [0.05, 0.1) is 34.4 Å². The number of carbonyl (C=O) groups is 1. The molecule has 2 N–H and O–H groups in total. The lowest BCUT2D eigenvalue weighted by Crippen LogP contribution is -2.47. The molecule has 4 aromatic rings. The van der Waals surface area contributed by atoms with Crippen LogP contribution in [0.3, 0.4) is 0 Å². The van der Waals surface area contributed by atoms with Gasteiger partial charge in [-0.2, -0.15) is 0 Å². The third-order valence-electron chi connectivity index (χ3n) is 8.63. The lowest BCUT2D eigenvalue weighted by Gasteiger charge is -2.38. The van der Waals surface area contributed by atoms with Gasteiger partial charge >= 0.3 is 5.97 Å². The smallest absolute Gasteiger partial charge is 0.341 e. The highest BCUT2D eigenvalue weighted by Crippen LogP contribution is 2.39. The van der Waals surface area contributed by atoms with Crippen LogP contribution >= 0.6 is 11.6 Å². The van der Waals surface area contributed by atoms with Gasteiger partial charge in [-0.1, -0.05) is 30.5 Å². The zero-order chi connectivity index (χ0) is 31.0. The summed E-state index contributed by atoms with van der Waals surface area (Å²) in [6, 6.07) is 13.3. The topological polar surface area (TPSA) is 87.0 Å². The van der Waals surface area contributed by atoms with E-state index in [9.17, 15) is 19.1 Å². The summed E-state index contributed by atoms with van der Waals surface area (Å²) in [6.45, 7) is 2.56. The third kappa shape index (κ3) is 5.71. The summed E-state index contributed by atoms with van der Waals surface area (Å²) in [5.74, 6) is -2.02. The van der Waals surface area contributed by atoms with Crippen LogP contribution in [0.15, 0.2) is 59.5 Å². The first kappa shape index (κ1) is 29.9. The number of carboxylic acid groups (broad SMARTS) is 1. The van der Waals surface area contributed by atoms with Crippen molar-refractivity contribution in [3.63, 3.8) is 0 Å². The van der Waals surface area contributed by atoms with Crippen LogP contribution in [-0.4, -0.2) is 55.0 Å². The van der Waals surface area contributed by atoms with Crippen LogP contribution in [0.1, 0.15) is 41.6 Å². The molecule has 230 valence electrons. The number of halogens is 3. The zero-order valence-corrected chi connectivity index (χ0v) is 25.0. The van der Waals surface area contributed by atoms with Gasteiger partial charge < -0.3 is 29.5 Å². The monoisotopic (exact) mass is 622 g/mol. The Morgan fingerprint density at radius 2 is 1.70 bits per heavy atom. The number of hydrogen-bond acceptors (Lipinski definition) is 6. The van der Waals surface area contributed by atoms with Crippen molar-refractivity contribution in [2.75, 3.05) is 43.1 Å². The summed E-state index contributed by atoms with van der Waals surface area (Å²) >= 11 is 6.96. The van der Waals surface area contributed by atoms with Gasteiger partial charge in [0.15, 0.2) is 0 Å². The molecule has 2 fully saturated rings. The molecule has 44 heavy (non-hydrogen) atoms. The fourth-order valence-electron chi connectivity index (χ4n) is 6.30. The van der Waals surface area contributed by atoms with Crippen LogP contribution < -0.4 is 25.3 Å². The molecular weight excluding hydrogens is 590 g/mol. The summed E-state index contributed by atoms with van der Waals surface area (Å²) in [5, 5.41) is 13.3. The first-order chi connectivity index (χ1) is 21.2. The highest BCUT2D eigenvalue weighted by atomic mass is 35.5. The van der Waals surface area contributed by atoms with Crippen molar-refractivity contribution in [3.8, 4) is 11.4 Å². The summed E-state index contributed by atoms with van der Waals surface area (Å²) in [4.78, 5) is 29.3. The average Bonchev–Trinajstić information content (AvgIpc) is 3.55. The van der Waals surface area contributed by atoms with Crippen molar-refractivity contribution in [1.82, 2.24) is 9.88 Å². The number of ether oxygens (including phenoxy) is 1. The summed E-state index contributed by atoms with van der Waals surface area (Å²) in [5.41, 5.74) is 1.29. The molecule has 2 aliphatic rings. The molecule has 0 amide bonds. The normalized spacial score (nSPS) is 15.7. The minimum Gasteiger partial charge on any atom is -0.495 e. The van der Waals surface area contributed by atoms with Gasteiger partial charge in [0.1, 0.15) is 22.9 Å². The van der Waals surface area contributed by atoms with Gasteiger partial charge in [-0.3, -0.25) is 4.79 Å². The number of aromatic nitrogens is 1. The molecule has 0 radical (unpaired) electrons. The van der Waals surface area contributed by atoms with E-state index in [2.05, 4.69) is 10.2 Å². The number of rotatable bonds is 8. The fourth-order valence-corrected chi connectivity index (χ4v) is 6.70. The van der Waals surface area contributed by atoms with E-state index >= 15 is 4.39 Å². The van der Waals surface area contributed by atoms with Gasteiger partial charge in [-0.25, -0.2) is 13.6 Å². The van der Waals surface area contributed by atoms with Crippen molar-refractivity contribution in [3.05, 3.63) is 92.7 Å². The molecule has 1 aliphatic carbocycles. The maximum absolute atomic E-state index is 15.8. The molecule has 1 aromatic heterocycles. The van der Waals surface area contributed by atoms with Crippen LogP contribution in [-0.2, 0) is 6.54 Å². The highest BCUT2D eigenvalue weighted by molar-refractivity contribution is 6.38. The van der Waals surface area contributed by atoms with Crippen molar-refractivity contribution < 1.29 is 23.4 Å². The number of carboxylic acids is 1. The van der Waals surface area contributed by atoms with Crippen LogP contribution in [0.4, 0.5) is 20.2 Å². The van der Waals surface area contributed by atoms with E-state index < -0.39 is 22.8 Å². The molecule has 2 heterocycles. The first-order valence-corrected chi connectivity index (χ1v) is 15.1. The quantitative estimate of drug-likeness (QED) is 0.250. The Labute approximate surface area is 258 Å². The van der Waals surface area contributed by atoms with Gasteiger partial charge in [-0.15, -0.1) is 0 Å². The van der Waals surface area contributed by atoms with Crippen LogP contribution in [0, 0.1) is 11.6 Å². The molecule has 0 bridgehead atoms. The van der Waals surface area contributed by atoms with Gasteiger partial charge in [0, 0.05) is 50.6 Å². The van der Waals surface area contributed by atoms with Gasteiger partial charge in [0.2, 0.25) is 5.43 Å². The Hall–Kier alpha value is -4.15. The molecule has 1 saturated carbocycles. The van der Waals surface area contributed by atoms with Gasteiger partial charge in [0.25, 0.3) is 0 Å². The Kier molecular flexibility index (Phi) is 8.46. The van der Waals surface area contributed by atoms with Crippen molar-refractivity contribution in [2.45, 2.75) is 38.3 Å². The second-order valence-electron chi connectivity index (χ2n) is 11.3. The maximum Gasteiger partial charge on any atom is 0.341 e. The molecular formula is C33H33ClF2N4O4.